The first-order valence-corrected chi connectivity index (χ1v) is 9.92. The van der Waals surface area contributed by atoms with Crippen molar-refractivity contribution in [3.8, 4) is 0 Å². The molecule has 1 atom stereocenters. The lowest BCUT2D eigenvalue weighted by Gasteiger charge is -2.32. The van der Waals surface area contributed by atoms with Gasteiger partial charge in [-0.05, 0) is 68.7 Å². The first-order chi connectivity index (χ1) is 13.6. The second-order valence-electron chi connectivity index (χ2n) is 7.89. The van der Waals surface area contributed by atoms with Crippen LogP contribution in [0.2, 0.25) is 0 Å². The lowest BCUT2D eigenvalue weighted by atomic mass is 9.94. The Bertz CT molecular complexity index is 1150. The summed E-state index contributed by atoms with van der Waals surface area (Å²) in [6.07, 6.45) is 3.92. The fourth-order valence-corrected chi connectivity index (χ4v) is 4.39. The Hall–Kier alpha value is -3.08. The number of fused-ring (bicyclic) bond motifs is 2. The average Bonchev–Trinajstić information content (AvgIpc) is 3.28. The molecule has 1 aliphatic rings. The van der Waals surface area contributed by atoms with E-state index in [9.17, 15) is 4.79 Å². The van der Waals surface area contributed by atoms with Crippen LogP contribution in [0.5, 0.6) is 0 Å². The number of pyridine rings is 1. The van der Waals surface area contributed by atoms with Crippen LogP contribution in [0, 0.1) is 13.8 Å². The highest BCUT2D eigenvalue weighted by Gasteiger charge is 2.27. The fourth-order valence-electron chi connectivity index (χ4n) is 4.39. The van der Waals surface area contributed by atoms with Crippen LogP contribution in [0.25, 0.3) is 21.9 Å². The maximum Gasteiger partial charge on any atom is 0.253 e. The van der Waals surface area contributed by atoms with Gasteiger partial charge in [-0.1, -0.05) is 0 Å². The average molecular weight is 372 g/mol. The SMILES string of the molecule is Cc1[nH]c2ccc(C(=O)N3CCC[C@@H](c4cc5ncccc5[nH]4)C3)cc2c1C. The molecule has 1 aliphatic heterocycles. The van der Waals surface area contributed by atoms with Gasteiger partial charge in [0.15, 0.2) is 0 Å². The zero-order valence-electron chi connectivity index (χ0n) is 16.2. The number of amides is 1. The predicted octanol–water partition coefficient (Wildman–Crippen LogP) is 4.68. The summed E-state index contributed by atoms with van der Waals surface area (Å²) in [5.41, 5.74) is 7.46. The van der Waals surface area contributed by atoms with E-state index in [1.165, 1.54) is 11.3 Å². The Morgan fingerprint density at radius 3 is 2.89 bits per heavy atom. The molecule has 0 aliphatic carbocycles. The first-order valence-electron chi connectivity index (χ1n) is 9.92. The molecule has 3 aromatic heterocycles. The molecule has 2 N–H and O–H groups in total. The van der Waals surface area contributed by atoms with Gasteiger partial charge in [-0.15, -0.1) is 0 Å². The number of hydrogen-bond donors (Lipinski definition) is 2. The normalized spacial score (nSPS) is 17.5. The quantitative estimate of drug-likeness (QED) is 0.536. The van der Waals surface area contributed by atoms with E-state index in [2.05, 4.69) is 34.9 Å². The molecule has 1 aromatic carbocycles. The van der Waals surface area contributed by atoms with Gasteiger partial charge in [-0.2, -0.15) is 0 Å². The van der Waals surface area contributed by atoms with E-state index in [0.29, 0.717) is 5.92 Å². The number of aromatic nitrogens is 3. The van der Waals surface area contributed by atoms with Crippen LogP contribution >= 0.6 is 0 Å². The standard InChI is InChI=1S/C23H24N4O/c1-14-15(2)25-19-8-7-16(11-18(14)19)23(28)27-10-4-5-17(13-27)21-12-22-20(26-21)6-3-9-24-22/h3,6-9,11-12,17,25-26H,4-5,10,13H2,1-2H3/t17-/m1/s1. The third kappa shape index (κ3) is 2.78. The number of carbonyl (C=O) groups excluding carboxylic acids is 1. The molecule has 5 heteroatoms. The number of piperidine rings is 1. The Morgan fingerprint density at radius 1 is 1.14 bits per heavy atom. The number of hydrogen-bond acceptors (Lipinski definition) is 2. The van der Waals surface area contributed by atoms with Gasteiger partial charge in [0.05, 0.1) is 11.0 Å². The molecule has 142 valence electrons. The molecule has 0 unspecified atom stereocenters. The van der Waals surface area contributed by atoms with Crippen LogP contribution in [0.1, 0.15) is 46.1 Å². The molecule has 4 heterocycles. The minimum atomic E-state index is 0.124. The summed E-state index contributed by atoms with van der Waals surface area (Å²) in [6, 6.07) is 12.1. The van der Waals surface area contributed by atoms with E-state index < -0.39 is 0 Å². The molecule has 1 amide bonds. The number of aryl methyl sites for hydroxylation is 2. The van der Waals surface area contributed by atoms with E-state index in [0.717, 1.165) is 59.1 Å². The molecule has 0 spiro atoms. The number of aromatic amines is 2. The summed E-state index contributed by atoms with van der Waals surface area (Å²) in [6.45, 7) is 5.73. The van der Waals surface area contributed by atoms with Gasteiger partial charge in [-0.25, -0.2) is 0 Å². The van der Waals surface area contributed by atoms with Gasteiger partial charge in [-0.3, -0.25) is 9.78 Å². The number of carbonyl (C=O) groups is 1. The third-order valence-electron chi connectivity index (χ3n) is 6.11. The Morgan fingerprint density at radius 2 is 2.04 bits per heavy atom. The summed E-state index contributed by atoms with van der Waals surface area (Å²) < 4.78 is 0. The summed E-state index contributed by atoms with van der Waals surface area (Å²) >= 11 is 0. The molecule has 28 heavy (non-hydrogen) atoms. The molecule has 0 radical (unpaired) electrons. The van der Waals surface area contributed by atoms with Crippen molar-refractivity contribution >= 4 is 27.8 Å². The lowest BCUT2D eigenvalue weighted by Crippen LogP contribution is -2.39. The fraction of sp³-hybridized carbons (Fsp3) is 0.304. The number of nitrogens with zero attached hydrogens (tertiary/aromatic N) is 2. The minimum Gasteiger partial charge on any atom is -0.358 e. The zero-order valence-corrected chi connectivity index (χ0v) is 16.2. The molecule has 1 saturated heterocycles. The van der Waals surface area contributed by atoms with E-state index in [1.54, 1.807) is 0 Å². The smallest absolute Gasteiger partial charge is 0.253 e. The van der Waals surface area contributed by atoms with Crippen molar-refractivity contribution < 1.29 is 4.79 Å². The highest BCUT2D eigenvalue weighted by molar-refractivity contribution is 5.99. The van der Waals surface area contributed by atoms with E-state index >= 15 is 0 Å². The van der Waals surface area contributed by atoms with Crippen molar-refractivity contribution in [2.75, 3.05) is 13.1 Å². The monoisotopic (exact) mass is 372 g/mol. The molecule has 5 nitrogen and oxygen atoms in total. The van der Waals surface area contributed by atoms with Gasteiger partial charge < -0.3 is 14.9 Å². The maximum absolute atomic E-state index is 13.2. The predicted molar refractivity (Wildman–Crippen MR) is 112 cm³/mol. The number of benzene rings is 1. The molecule has 0 saturated carbocycles. The van der Waals surface area contributed by atoms with Crippen LogP contribution in [0.3, 0.4) is 0 Å². The van der Waals surface area contributed by atoms with Gasteiger partial charge in [0, 0.05) is 53.1 Å². The van der Waals surface area contributed by atoms with Crippen LogP contribution in [-0.4, -0.2) is 38.8 Å². The van der Waals surface area contributed by atoms with Crippen molar-refractivity contribution in [3.63, 3.8) is 0 Å². The topological polar surface area (TPSA) is 64.8 Å². The summed E-state index contributed by atoms with van der Waals surface area (Å²) in [5, 5.41) is 1.14. The third-order valence-corrected chi connectivity index (χ3v) is 6.11. The molecular weight excluding hydrogens is 348 g/mol. The van der Waals surface area contributed by atoms with Crippen LogP contribution in [0.4, 0.5) is 0 Å². The first kappa shape index (κ1) is 17.0. The summed E-state index contributed by atoms with van der Waals surface area (Å²) in [7, 11) is 0. The van der Waals surface area contributed by atoms with Crippen molar-refractivity contribution in [1.29, 1.82) is 0 Å². The zero-order chi connectivity index (χ0) is 19.3. The maximum atomic E-state index is 13.2. The number of nitrogens with one attached hydrogen (secondary N) is 2. The highest BCUT2D eigenvalue weighted by Crippen LogP contribution is 2.30. The Kier molecular flexibility index (Phi) is 3.97. The Balaban J connectivity index is 1.41. The largest absolute Gasteiger partial charge is 0.358 e. The van der Waals surface area contributed by atoms with E-state index in [1.807, 2.05) is 41.4 Å². The van der Waals surface area contributed by atoms with Crippen molar-refractivity contribution in [3.05, 3.63) is 65.1 Å². The number of likely N-dealkylation sites (tertiary alicyclic amines) is 1. The minimum absolute atomic E-state index is 0.124. The van der Waals surface area contributed by atoms with E-state index in [4.69, 9.17) is 0 Å². The number of rotatable bonds is 2. The van der Waals surface area contributed by atoms with Gasteiger partial charge in [0.2, 0.25) is 0 Å². The molecular formula is C23H24N4O. The summed E-state index contributed by atoms with van der Waals surface area (Å²) in [5.74, 6) is 0.450. The van der Waals surface area contributed by atoms with Gasteiger partial charge in [0.1, 0.15) is 0 Å². The molecule has 0 bridgehead atoms. The summed E-state index contributed by atoms with van der Waals surface area (Å²) in [4.78, 5) is 26.5. The molecule has 4 aromatic rings. The second kappa shape index (κ2) is 6.51. The van der Waals surface area contributed by atoms with E-state index in [-0.39, 0.29) is 5.91 Å². The Labute approximate surface area is 163 Å². The van der Waals surface area contributed by atoms with Crippen LogP contribution < -0.4 is 0 Å². The van der Waals surface area contributed by atoms with Crippen molar-refractivity contribution in [2.24, 2.45) is 0 Å². The van der Waals surface area contributed by atoms with Crippen molar-refractivity contribution in [2.45, 2.75) is 32.6 Å². The molecule has 5 rings (SSSR count). The number of H-pyrrole nitrogens is 2. The van der Waals surface area contributed by atoms with Crippen LogP contribution in [-0.2, 0) is 0 Å². The van der Waals surface area contributed by atoms with Crippen LogP contribution in [0.15, 0.2) is 42.6 Å². The highest BCUT2D eigenvalue weighted by atomic mass is 16.2. The van der Waals surface area contributed by atoms with Gasteiger partial charge >= 0.3 is 0 Å². The molecule has 1 fully saturated rings. The van der Waals surface area contributed by atoms with Crippen molar-refractivity contribution in [1.82, 2.24) is 19.9 Å². The lowest BCUT2D eigenvalue weighted by molar-refractivity contribution is 0.0706. The second-order valence-corrected chi connectivity index (χ2v) is 7.89. The van der Waals surface area contributed by atoms with Gasteiger partial charge in [0.25, 0.3) is 5.91 Å².